The molecule has 1 aliphatic heterocycles. The summed E-state index contributed by atoms with van der Waals surface area (Å²) in [7, 11) is -2.23. The first-order valence-corrected chi connectivity index (χ1v) is 3.81. The van der Waals surface area contributed by atoms with Crippen LogP contribution in [0.15, 0.2) is 22.2 Å². The van der Waals surface area contributed by atoms with E-state index in [-0.39, 0.29) is 0 Å². The summed E-state index contributed by atoms with van der Waals surface area (Å²) in [5.41, 5.74) is 0. The summed E-state index contributed by atoms with van der Waals surface area (Å²) in [6, 6.07) is 0. The zero-order valence-corrected chi connectivity index (χ0v) is 6.32. The van der Waals surface area contributed by atoms with Crippen LogP contribution in [0.25, 0.3) is 0 Å². The maximum Gasteiger partial charge on any atom is 0.343 e. The fourth-order valence-corrected chi connectivity index (χ4v) is 1.50. The molecule has 0 aliphatic carbocycles. The van der Waals surface area contributed by atoms with Crippen LogP contribution in [-0.2, 0) is 10.8 Å². The predicted molar refractivity (Wildman–Crippen MR) is 38.3 cm³/mol. The van der Waals surface area contributed by atoms with E-state index in [1.165, 1.54) is 0 Å². The summed E-state index contributed by atoms with van der Waals surface area (Å²) in [5.74, 6) is 0. The van der Waals surface area contributed by atoms with Crippen molar-refractivity contribution in [1.29, 1.82) is 0 Å². The van der Waals surface area contributed by atoms with Crippen LogP contribution in [-0.4, -0.2) is 14.1 Å². The Morgan fingerprint density at radius 3 is 1.58 bits per heavy atom. The van der Waals surface area contributed by atoms with Gasteiger partial charge in [-0.05, 0) is 0 Å². The van der Waals surface area contributed by atoms with Crippen LogP contribution >= 0.6 is 0 Å². The molecule has 0 unspecified atom stereocenters. The smallest absolute Gasteiger partial charge is 0.258 e. The molecule has 12 heavy (non-hydrogen) atoms. The maximum absolute atomic E-state index is 10.9. The Morgan fingerprint density at radius 1 is 1.08 bits per heavy atom. The topological polar surface area (TPSA) is 103 Å². The van der Waals surface area contributed by atoms with Gasteiger partial charge in [-0.1, -0.05) is 0 Å². The lowest BCUT2D eigenvalue weighted by Crippen LogP contribution is -2.08. The number of nitrogens with zero attached hydrogens (tertiary/aromatic N) is 2. The molecular formula is C4H2N2O5S. The highest BCUT2D eigenvalue weighted by molar-refractivity contribution is 7.92. The molecule has 1 heterocycles. The van der Waals surface area contributed by atoms with Gasteiger partial charge in [0.2, 0.25) is 10.8 Å². The summed E-state index contributed by atoms with van der Waals surface area (Å²) in [4.78, 5) is 18.3. The molecule has 64 valence electrons. The molecule has 0 aromatic heterocycles. The van der Waals surface area contributed by atoms with Gasteiger partial charge in [0.15, 0.2) is 0 Å². The molecule has 0 atom stereocenters. The van der Waals surface area contributed by atoms with E-state index < -0.39 is 30.7 Å². The van der Waals surface area contributed by atoms with Gasteiger partial charge in [0.05, 0.1) is 9.85 Å². The summed E-state index contributed by atoms with van der Waals surface area (Å²) < 4.78 is 10.9. The largest absolute Gasteiger partial charge is 0.343 e. The van der Waals surface area contributed by atoms with Crippen LogP contribution in [0.2, 0.25) is 0 Å². The minimum absolute atomic E-state index is 0.651. The Kier molecular flexibility index (Phi) is 2.00. The lowest BCUT2D eigenvalue weighted by molar-refractivity contribution is -0.417. The van der Waals surface area contributed by atoms with E-state index in [0.717, 1.165) is 12.2 Å². The molecule has 1 aliphatic rings. The van der Waals surface area contributed by atoms with Crippen LogP contribution in [0, 0.1) is 20.2 Å². The summed E-state index contributed by atoms with van der Waals surface area (Å²) in [5, 5.41) is 18.8. The molecule has 0 fully saturated rings. The number of nitro groups is 2. The van der Waals surface area contributed by atoms with Gasteiger partial charge < -0.3 is 0 Å². The number of hydrogen-bond acceptors (Lipinski definition) is 5. The van der Waals surface area contributed by atoms with E-state index in [4.69, 9.17) is 0 Å². The van der Waals surface area contributed by atoms with Crippen molar-refractivity contribution >= 4 is 10.8 Å². The molecule has 1 rings (SSSR count). The third-order valence-electron chi connectivity index (χ3n) is 1.11. The summed E-state index contributed by atoms with van der Waals surface area (Å²) in [6.07, 6.45) is 1.74. The van der Waals surface area contributed by atoms with E-state index in [0.29, 0.717) is 0 Å². The average molecular weight is 190 g/mol. The van der Waals surface area contributed by atoms with Gasteiger partial charge in [-0.2, -0.15) is 0 Å². The van der Waals surface area contributed by atoms with Crippen molar-refractivity contribution in [3.63, 3.8) is 0 Å². The first kappa shape index (κ1) is 8.53. The molecule has 0 aromatic rings. The van der Waals surface area contributed by atoms with Gasteiger partial charge in [-0.3, -0.25) is 20.2 Å². The molecule has 7 nitrogen and oxygen atoms in total. The zero-order chi connectivity index (χ0) is 9.30. The maximum atomic E-state index is 10.9. The van der Waals surface area contributed by atoms with E-state index in [2.05, 4.69) is 0 Å². The van der Waals surface area contributed by atoms with E-state index in [9.17, 15) is 24.4 Å². The number of hydrogen-bond donors (Lipinski definition) is 0. The normalized spacial score (nSPS) is 17.0. The SMILES string of the molecule is O=[N+]([O-])C1=CC=C([N+](=O)[O-])S1=O. The zero-order valence-electron chi connectivity index (χ0n) is 5.50. The second-order valence-corrected chi connectivity index (χ2v) is 3.17. The fourth-order valence-electron chi connectivity index (χ4n) is 0.630. The van der Waals surface area contributed by atoms with Crippen molar-refractivity contribution in [3.8, 4) is 0 Å². The van der Waals surface area contributed by atoms with Gasteiger partial charge in [-0.25, -0.2) is 4.21 Å². The molecule has 0 saturated carbocycles. The molecule has 0 saturated heterocycles. The third kappa shape index (κ3) is 1.23. The molecule has 0 spiro atoms. The lowest BCUT2D eigenvalue weighted by Gasteiger charge is -1.89. The number of rotatable bonds is 2. The number of allylic oxidation sites excluding steroid dienone is 2. The van der Waals surface area contributed by atoms with Gasteiger partial charge in [0.25, 0.3) is 0 Å². The van der Waals surface area contributed by atoms with Crippen LogP contribution in [0.5, 0.6) is 0 Å². The minimum atomic E-state index is -2.23. The Hall–Kier alpha value is -1.57. The molecule has 0 radical (unpaired) electrons. The predicted octanol–water partition coefficient (Wildman–Crippen LogP) is -0.0151. The standard InChI is InChI=1S/C4H2N2O5S/c7-5(8)3-1-2-4(6(9)10)12(3)11/h1-2H. The molecular weight excluding hydrogens is 188 g/mol. The van der Waals surface area contributed by atoms with Crippen LogP contribution < -0.4 is 0 Å². The highest BCUT2D eigenvalue weighted by atomic mass is 32.2. The molecule has 0 aromatic carbocycles. The highest BCUT2D eigenvalue weighted by Crippen LogP contribution is 2.19. The van der Waals surface area contributed by atoms with Crippen molar-refractivity contribution < 1.29 is 14.1 Å². The second-order valence-electron chi connectivity index (χ2n) is 1.79. The van der Waals surface area contributed by atoms with Crippen molar-refractivity contribution in [1.82, 2.24) is 0 Å². The van der Waals surface area contributed by atoms with Crippen molar-refractivity contribution in [3.05, 3.63) is 42.4 Å². The first-order chi connectivity index (χ1) is 5.54. The first-order valence-electron chi connectivity index (χ1n) is 2.66. The Bertz CT molecular complexity index is 311. The van der Waals surface area contributed by atoms with Crippen LogP contribution in [0.3, 0.4) is 0 Å². The van der Waals surface area contributed by atoms with Crippen LogP contribution in [0.1, 0.15) is 0 Å². The Morgan fingerprint density at radius 2 is 1.42 bits per heavy atom. The van der Waals surface area contributed by atoms with Gasteiger partial charge in [-0.15, -0.1) is 0 Å². The minimum Gasteiger partial charge on any atom is -0.258 e. The van der Waals surface area contributed by atoms with Crippen molar-refractivity contribution in [2.45, 2.75) is 0 Å². The Balaban J connectivity index is 2.94. The van der Waals surface area contributed by atoms with Crippen LogP contribution in [0.4, 0.5) is 0 Å². The van der Waals surface area contributed by atoms with Gasteiger partial charge in [0.1, 0.15) is 0 Å². The van der Waals surface area contributed by atoms with Gasteiger partial charge >= 0.3 is 10.1 Å². The highest BCUT2D eigenvalue weighted by Gasteiger charge is 2.35. The van der Waals surface area contributed by atoms with Crippen molar-refractivity contribution in [2.75, 3.05) is 0 Å². The van der Waals surface area contributed by atoms with E-state index >= 15 is 0 Å². The molecule has 0 amide bonds. The third-order valence-corrected chi connectivity index (χ3v) is 2.44. The fraction of sp³-hybridized carbons (Fsp3) is 0. The second kappa shape index (κ2) is 2.81. The summed E-state index contributed by atoms with van der Waals surface area (Å²) >= 11 is 0. The molecule has 8 heteroatoms. The Labute approximate surface area is 68.1 Å². The van der Waals surface area contributed by atoms with E-state index in [1.54, 1.807) is 0 Å². The monoisotopic (exact) mass is 190 g/mol. The lowest BCUT2D eigenvalue weighted by atomic mass is 10.6. The average Bonchev–Trinajstić information content (AvgIpc) is 2.30. The van der Waals surface area contributed by atoms with E-state index in [1.807, 2.05) is 0 Å². The summed E-state index contributed by atoms with van der Waals surface area (Å²) in [6.45, 7) is 0. The quantitative estimate of drug-likeness (QED) is 0.449. The van der Waals surface area contributed by atoms with Gasteiger partial charge in [0, 0.05) is 12.2 Å². The van der Waals surface area contributed by atoms with Crippen molar-refractivity contribution in [2.24, 2.45) is 0 Å². The molecule has 0 N–H and O–H groups in total. The molecule has 0 bridgehead atoms.